The van der Waals surface area contributed by atoms with Gasteiger partial charge in [-0.2, -0.15) is 5.10 Å². The number of carbonyl (C=O) groups excluding carboxylic acids is 1. The van der Waals surface area contributed by atoms with Crippen molar-refractivity contribution in [2.45, 2.75) is 24.2 Å². The molecule has 1 aliphatic carbocycles. The second-order valence-corrected chi connectivity index (χ2v) is 7.17. The van der Waals surface area contributed by atoms with Gasteiger partial charge in [-0.1, -0.05) is 12.1 Å². The molecular formula is C20H19N3OS. The molecule has 0 spiro atoms. The Bertz CT molecular complexity index is 890. The van der Waals surface area contributed by atoms with E-state index in [4.69, 9.17) is 0 Å². The Morgan fingerprint density at radius 1 is 1.12 bits per heavy atom. The van der Waals surface area contributed by atoms with Crippen LogP contribution in [0.1, 0.15) is 17.5 Å². The van der Waals surface area contributed by atoms with Crippen LogP contribution in [0.15, 0.2) is 65.8 Å². The smallest absolute Gasteiger partial charge is 0.234 e. The maximum atomic E-state index is 12.3. The van der Waals surface area contributed by atoms with Crippen molar-refractivity contribution in [1.29, 1.82) is 0 Å². The van der Waals surface area contributed by atoms with Gasteiger partial charge in [0.05, 0.1) is 11.4 Å². The summed E-state index contributed by atoms with van der Waals surface area (Å²) < 4.78 is 1.77. The molecule has 0 saturated carbocycles. The van der Waals surface area contributed by atoms with Gasteiger partial charge in [-0.25, -0.2) is 4.68 Å². The number of rotatable bonds is 5. The van der Waals surface area contributed by atoms with Crippen LogP contribution in [-0.4, -0.2) is 21.4 Å². The summed E-state index contributed by atoms with van der Waals surface area (Å²) in [5.41, 5.74) is 4.61. The fourth-order valence-corrected chi connectivity index (χ4v) is 3.89. The SMILES string of the molecule is O=C(CSc1ccc2c(c1)CCC2)Nc1cccc(-n2cccn2)c1. The normalized spacial score (nSPS) is 12.8. The Morgan fingerprint density at radius 3 is 2.92 bits per heavy atom. The van der Waals surface area contributed by atoms with E-state index in [2.05, 4.69) is 28.6 Å². The summed E-state index contributed by atoms with van der Waals surface area (Å²) in [5.74, 6) is 0.410. The molecule has 4 nitrogen and oxygen atoms in total. The maximum absolute atomic E-state index is 12.3. The number of thioether (sulfide) groups is 1. The molecule has 0 unspecified atom stereocenters. The molecule has 1 amide bonds. The molecule has 1 N–H and O–H groups in total. The molecule has 0 bridgehead atoms. The molecule has 3 aromatic rings. The zero-order valence-corrected chi connectivity index (χ0v) is 14.6. The van der Waals surface area contributed by atoms with E-state index >= 15 is 0 Å². The molecule has 5 heteroatoms. The average molecular weight is 349 g/mol. The molecule has 4 rings (SSSR count). The predicted molar refractivity (Wildman–Crippen MR) is 101 cm³/mol. The highest BCUT2D eigenvalue weighted by Gasteiger charge is 2.12. The van der Waals surface area contributed by atoms with Crippen LogP contribution in [-0.2, 0) is 17.6 Å². The molecule has 1 aliphatic rings. The van der Waals surface area contributed by atoms with Crippen molar-refractivity contribution < 1.29 is 4.79 Å². The van der Waals surface area contributed by atoms with Crippen molar-refractivity contribution in [3.63, 3.8) is 0 Å². The monoisotopic (exact) mass is 349 g/mol. The first-order valence-corrected chi connectivity index (χ1v) is 9.41. The van der Waals surface area contributed by atoms with Crippen LogP contribution in [0.3, 0.4) is 0 Å². The summed E-state index contributed by atoms with van der Waals surface area (Å²) in [6.45, 7) is 0. The van der Waals surface area contributed by atoms with Crippen molar-refractivity contribution in [1.82, 2.24) is 9.78 Å². The first kappa shape index (κ1) is 16.0. The maximum Gasteiger partial charge on any atom is 0.234 e. The largest absolute Gasteiger partial charge is 0.325 e. The zero-order valence-electron chi connectivity index (χ0n) is 13.8. The van der Waals surface area contributed by atoms with Crippen molar-refractivity contribution in [2.75, 3.05) is 11.1 Å². The van der Waals surface area contributed by atoms with Crippen molar-refractivity contribution in [3.05, 3.63) is 72.1 Å². The Balaban J connectivity index is 1.37. The van der Waals surface area contributed by atoms with E-state index in [1.165, 1.54) is 28.9 Å². The van der Waals surface area contributed by atoms with E-state index in [0.29, 0.717) is 5.75 Å². The zero-order chi connectivity index (χ0) is 17.1. The lowest BCUT2D eigenvalue weighted by Crippen LogP contribution is -2.14. The number of carbonyl (C=O) groups is 1. The van der Waals surface area contributed by atoms with Gasteiger partial charge in [0, 0.05) is 23.0 Å². The van der Waals surface area contributed by atoms with Gasteiger partial charge in [0.1, 0.15) is 0 Å². The van der Waals surface area contributed by atoms with Crippen molar-refractivity contribution >= 4 is 23.4 Å². The molecule has 0 aliphatic heterocycles. The second-order valence-electron chi connectivity index (χ2n) is 6.12. The van der Waals surface area contributed by atoms with E-state index in [1.54, 1.807) is 22.6 Å². The molecule has 2 aromatic carbocycles. The van der Waals surface area contributed by atoms with Gasteiger partial charge < -0.3 is 5.32 Å². The number of aryl methyl sites for hydroxylation is 2. The molecule has 0 saturated heterocycles. The van der Waals surface area contributed by atoms with Crippen LogP contribution >= 0.6 is 11.8 Å². The van der Waals surface area contributed by atoms with Crippen LogP contribution in [0.2, 0.25) is 0 Å². The fourth-order valence-electron chi connectivity index (χ4n) is 3.13. The molecule has 1 aromatic heterocycles. The van der Waals surface area contributed by atoms with Crippen molar-refractivity contribution in [3.8, 4) is 5.69 Å². The topological polar surface area (TPSA) is 46.9 Å². The fraction of sp³-hybridized carbons (Fsp3) is 0.200. The molecule has 0 radical (unpaired) electrons. The Labute approximate surface area is 151 Å². The van der Waals surface area contributed by atoms with Crippen LogP contribution < -0.4 is 5.32 Å². The lowest BCUT2D eigenvalue weighted by Gasteiger charge is -2.08. The number of aromatic nitrogens is 2. The van der Waals surface area contributed by atoms with Gasteiger partial charge in [0.15, 0.2) is 0 Å². The summed E-state index contributed by atoms with van der Waals surface area (Å²) in [6, 6.07) is 16.1. The number of hydrogen-bond acceptors (Lipinski definition) is 3. The summed E-state index contributed by atoms with van der Waals surface area (Å²) in [5, 5.41) is 7.18. The molecule has 1 heterocycles. The Hall–Kier alpha value is -2.53. The molecule has 126 valence electrons. The van der Waals surface area contributed by atoms with Gasteiger partial charge >= 0.3 is 0 Å². The highest BCUT2D eigenvalue weighted by molar-refractivity contribution is 8.00. The van der Waals surface area contributed by atoms with Gasteiger partial charge in [0.25, 0.3) is 0 Å². The number of hydrogen-bond donors (Lipinski definition) is 1. The Morgan fingerprint density at radius 2 is 2.04 bits per heavy atom. The molecule has 25 heavy (non-hydrogen) atoms. The molecule has 0 fully saturated rings. The number of anilines is 1. The van der Waals surface area contributed by atoms with Crippen LogP contribution in [0.5, 0.6) is 0 Å². The summed E-state index contributed by atoms with van der Waals surface area (Å²) in [6.07, 6.45) is 7.21. The number of nitrogens with one attached hydrogen (secondary N) is 1. The second kappa shape index (κ2) is 7.15. The molecule has 0 atom stereocenters. The summed E-state index contributed by atoms with van der Waals surface area (Å²) in [4.78, 5) is 13.4. The van der Waals surface area contributed by atoms with E-state index < -0.39 is 0 Å². The van der Waals surface area contributed by atoms with E-state index in [-0.39, 0.29) is 5.91 Å². The lowest BCUT2D eigenvalue weighted by atomic mass is 10.1. The third-order valence-corrected chi connectivity index (χ3v) is 5.33. The minimum absolute atomic E-state index is 0.00288. The lowest BCUT2D eigenvalue weighted by molar-refractivity contribution is -0.113. The van der Waals surface area contributed by atoms with E-state index in [9.17, 15) is 4.79 Å². The predicted octanol–water partition coefficient (Wildman–Crippen LogP) is 4.09. The van der Waals surface area contributed by atoms with Crippen LogP contribution in [0.25, 0.3) is 5.69 Å². The highest BCUT2D eigenvalue weighted by Crippen LogP contribution is 2.27. The van der Waals surface area contributed by atoms with Gasteiger partial charge in [0.2, 0.25) is 5.91 Å². The minimum atomic E-state index is 0.00288. The van der Waals surface area contributed by atoms with E-state index in [1.807, 2.05) is 36.5 Å². The quantitative estimate of drug-likeness (QED) is 0.706. The average Bonchev–Trinajstić information content (AvgIpc) is 3.31. The van der Waals surface area contributed by atoms with Crippen molar-refractivity contribution in [2.24, 2.45) is 0 Å². The summed E-state index contributed by atoms with van der Waals surface area (Å²) in [7, 11) is 0. The standard InChI is InChI=1S/C20H19N3OS/c24-20(14-25-19-9-8-15-4-1-5-16(15)12-19)22-17-6-2-7-18(13-17)23-11-3-10-21-23/h2-3,6-13H,1,4-5,14H2,(H,22,24). The van der Waals surface area contributed by atoms with Crippen LogP contribution in [0.4, 0.5) is 5.69 Å². The van der Waals surface area contributed by atoms with E-state index in [0.717, 1.165) is 17.8 Å². The van der Waals surface area contributed by atoms with Gasteiger partial charge in [-0.15, -0.1) is 11.8 Å². The Kier molecular flexibility index (Phi) is 4.57. The van der Waals surface area contributed by atoms with Gasteiger partial charge in [-0.05, 0) is 66.8 Å². The number of fused-ring (bicyclic) bond motifs is 1. The van der Waals surface area contributed by atoms with Crippen LogP contribution in [0, 0.1) is 0 Å². The number of nitrogens with zero attached hydrogens (tertiary/aromatic N) is 2. The first-order valence-electron chi connectivity index (χ1n) is 8.42. The first-order chi connectivity index (χ1) is 12.3. The third-order valence-electron chi connectivity index (χ3n) is 4.34. The minimum Gasteiger partial charge on any atom is -0.325 e. The number of benzene rings is 2. The molecular weight excluding hydrogens is 330 g/mol. The van der Waals surface area contributed by atoms with Gasteiger partial charge in [-0.3, -0.25) is 4.79 Å². The number of amides is 1. The highest BCUT2D eigenvalue weighted by atomic mass is 32.2. The third kappa shape index (κ3) is 3.77. The summed E-state index contributed by atoms with van der Waals surface area (Å²) >= 11 is 1.59.